The van der Waals surface area contributed by atoms with E-state index in [2.05, 4.69) is 173 Å². The van der Waals surface area contributed by atoms with Crippen LogP contribution in [0, 0.1) is 0 Å². The van der Waals surface area contributed by atoms with Gasteiger partial charge in [-0.05, 0) is 53.1 Å². The molecule has 0 amide bonds. The van der Waals surface area contributed by atoms with Crippen molar-refractivity contribution in [2.75, 3.05) is 0 Å². The highest BCUT2D eigenvalue weighted by atomic mass is 15.2. The second-order valence-corrected chi connectivity index (χ2v) is 14.1. The summed E-state index contributed by atoms with van der Waals surface area (Å²) < 4.78 is 4.60. The van der Waals surface area contributed by atoms with E-state index in [4.69, 9.17) is 15.0 Å². The molecule has 0 saturated heterocycles. The first-order valence-corrected chi connectivity index (χ1v) is 18.9. The van der Waals surface area contributed by atoms with Crippen molar-refractivity contribution in [3.63, 3.8) is 0 Å². The largest absolute Gasteiger partial charge is 0.309 e. The quantitative estimate of drug-likeness (QED) is 0.172. The Morgan fingerprint density at radius 2 is 0.786 bits per heavy atom. The minimum atomic E-state index is 0.577. The van der Waals surface area contributed by atoms with Gasteiger partial charge in [0.25, 0.3) is 0 Å². The van der Waals surface area contributed by atoms with E-state index in [-0.39, 0.29) is 0 Å². The standard InChI is InChI=1S/C51H33N5/c1-4-15-34(16-5-1)35-27-30-39(31-28-35)55-45-25-12-11-22-42(45)44-33-38(29-32-47(44)55)40-23-14-24-43-41-21-10-13-26-46(41)56(48(40)43)51-53-49(36-17-6-2-7-18-36)52-50(54-51)37-19-8-3-9-20-37/h1-33H. The smallest absolute Gasteiger partial charge is 0.238 e. The van der Waals surface area contributed by atoms with Crippen molar-refractivity contribution in [1.29, 1.82) is 0 Å². The van der Waals surface area contributed by atoms with E-state index >= 15 is 0 Å². The zero-order valence-corrected chi connectivity index (χ0v) is 30.3. The molecule has 262 valence electrons. The third-order valence-corrected chi connectivity index (χ3v) is 10.8. The van der Waals surface area contributed by atoms with Crippen LogP contribution in [0.5, 0.6) is 0 Å². The van der Waals surface area contributed by atoms with Crippen molar-refractivity contribution >= 4 is 43.6 Å². The molecule has 3 aromatic heterocycles. The first kappa shape index (κ1) is 31.9. The van der Waals surface area contributed by atoms with Crippen LogP contribution < -0.4 is 0 Å². The predicted octanol–water partition coefficient (Wildman–Crippen LogP) is 12.7. The van der Waals surface area contributed by atoms with Gasteiger partial charge in [-0.2, -0.15) is 9.97 Å². The summed E-state index contributed by atoms with van der Waals surface area (Å²) in [6.07, 6.45) is 0. The van der Waals surface area contributed by atoms with Crippen molar-refractivity contribution in [3.05, 3.63) is 200 Å². The van der Waals surface area contributed by atoms with Gasteiger partial charge in [-0.1, -0.05) is 164 Å². The fraction of sp³-hybridized carbons (Fsp3) is 0. The van der Waals surface area contributed by atoms with Crippen molar-refractivity contribution < 1.29 is 0 Å². The van der Waals surface area contributed by atoms with Crippen LogP contribution in [0.25, 0.3) is 100 Å². The van der Waals surface area contributed by atoms with Gasteiger partial charge in [0.05, 0.1) is 22.1 Å². The summed E-state index contributed by atoms with van der Waals surface area (Å²) in [4.78, 5) is 15.4. The summed E-state index contributed by atoms with van der Waals surface area (Å²) in [5.41, 5.74) is 12.1. The van der Waals surface area contributed by atoms with E-state index in [1.165, 1.54) is 27.4 Å². The summed E-state index contributed by atoms with van der Waals surface area (Å²) >= 11 is 0. The molecule has 0 radical (unpaired) electrons. The normalized spacial score (nSPS) is 11.6. The van der Waals surface area contributed by atoms with Crippen molar-refractivity contribution in [2.45, 2.75) is 0 Å². The van der Waals surface area contributed by atoms with E-state index in [1.54, 1.807) is 0 Å². The Morgan fingerprint density at radius 1 is 0.304 bits per heavy atom. The third-order valence-electron chi connectivity index (χ3n) is 10.8. The summed E-state index contributed by atoms with van der Waals surface area (Å²) in [5.74, 6) is 1.83. The van der Waals surface area contributed by atoms with Crippen LogP contribution in [-0.4, -0.2) is 24.1 Å². The molecule has 0 unspecified atom stereocenters. The molecule has 56 heavy (non-hydrogen) atoms. The maximum Gasteiger partial charge on any atom is 0.238 e. The zero-order valence-electron chi connectivity index (χ0n) is 30.3. The Hall–Kier alpha value is -7.63. The number of nitrogens with zero attached hydrogens (tertiary/aromatic N) is 5. The number of hydrogen-bond donors (Lipinski definition) is 0. The fourth-order valence-electron chi connectivity index (χ4n) is 8.21. The van der Waals surface area contributed by atoms with Crippen molar-refractivity contribution in [3.8, 4) is 56.7 Å². The summed E-state index contributed by atoms with van der Waals surface area (Å²) in [6.45, 7) is 0. The molecule has 11 rings (SSSR count). The molecule has 3 heterocycles. The topological polar surface area (TPSA) is 48.5 Å². The molecule has 0 saturated carbocycles. The minimum Gasteiger partial charge on any atom is -0.309 e. The van der Waals surface area contributed by atoms with Gasteiger partial charge in [-0.3, -0.25) is 4.57 Å². The van der Waals surface area contributed by atoms with Crippen LogP contribution in [0.4, 0.5) is 0 Å². The molecule has 0 aliphatic carbocycles. The molecular weight excluding hydrogens is 683 g/mol. The highest BCUT2D eigenvalue weighted by molar-refractivity contribution is 6.15. The second kappa shape index (κ2) is 13.0. The molecule has 0 spiro atoms. The number of para-hydroxylation sites is 3. The molecule has 0 N–H and O–H groups in total. The van der Waals surface area contributed by atoms with Crippen LogP contribution in [0.1, 0.15) is 0 Å². The Balaban J connectivity index is 1.14. The zero-order chi connectivity index (χ0) is 37.0. The third kappa shape index (κ3) is 5.21. The van der Waals surface area contributed by atoms with E-state index in [1.807, 2.05) is 36.4 Å². The van der Waals surface area contributed by atoms with Crippen LogP contribution >= 0.6 is 0 Å². The Labute approximate surface area is 323 Å². The lowest BCUT2D eigenvalue weighted by Crippen LogP contribution is -2.06. The number of benzene rings is 8. The Kier molecular flexibility index (Phi) is 7.42. The summed E-state index contributed by atoms with van der Waals surface area (Å²) in [5, 5.41) is 4.69. The number of fused-ring (bicyclic) bond motifs is 6. The molecule has 0 aliphatic rings. The van der Waals surface area contributed by atoms with E-state index < -0.39 is 0 Å². The molecule has 5 heteroatoms. The number of hydrogen-bond acceptors (Lipinski definition) is 3. The average molecular weight is 716 g/mol. The van der Waals surface area contributed by atoms with Gasteiger partial charge in [-0.25, -0.2) is 4.98 Å². The lowest BCUT2D eigenvalue weighted by molar-refractivity contribution is 0.954. The van der Waals surface area contributed by atoms with Gasteiger partial charge in [0.2, 0.25) is 5.95 Å². The van der Waals surface area contributed by atoms with Crippen molar-refractivity contribution in [2.24, 2.45) is 0 Å². The molecule has 8 aromatic carbocycles. The van der Waals surface area contributed by atoms with Crippen LogP contribution in [0.2, 0.25) is 0 Å². The Bertz CT molecular complexity index is 3160. The Morgan fingerprint density at radius 3 is 1.43 bits per heavy atom. The number of aromatic nitrogens is 5. The first-order chi connectivity index (χ1) is 27.8. The predicted molar refractivity (Wildman–Crippen MR) is 230 cm³/mol. The highest BCUT2D eigenvalue weighted by Crippen LogP contribution is 2.41. The van der Waals surface area contributed by atoms with Crippen LogP contribution in [-0.2, 0) is 0 Å². The van der Waals surface area contributed by atoms with E-state index in [0.717, 1.165) is 55.3 Å². The monoisotopic (exact) mass is 715 g/mol. The molecular formula is C51H33N5. The van der Waals surface area contributed by atoms with Gasteiger partial charge < -0.3 is 4.57 Å². The highest BCUT2D eigenvalue weighted by Gasteiger charge is 2.21. The number of rotatable bonds is 6. The lowest BCUT2D eigenvalue weighted by atomic mass is 10.00. The van der Waals surface area contributed by atoms with Gasteiger partial charge in [0.15, 0.2) is 11.6 Å². The minimum absolute atomic E-state index is 0.577. The van der Waals surface area contributed by atoms with E-state index in [0.29, 0.717) is 17.6 Å². The van der Waals surface area contributed by atoms with E-state index in [9.17, 15) is 0 Å². The average Bonchev–Trinajstić information content (AvgIpc) is 3.80. The molecule has 0 fully saturated rings. The molecule has 0 atom stereocenters. The van der Waals surface area contributed by atoms with Crippen LogP contribution in [0.15, 0.2) is 200 Å². The molecule has 11 aromatic rings. The van der Waals surface area contributed by atoms with Crippen LogP contribution in [0.3, 0.4) is 0 Å². The molecule has 0 bridgehead atoms. The summed E-state index contributed by atoms with van der Waals surface area (Å²) in [6, 6.07) is 70.4. The van der Waals surface area contributed by atoms with Gasteiger partial charge >= 0.3 is 0 Å². The van der Waals surface area contributed by atoms with Crippen molar-refractivity contribution in [1.82, 2.24) is 24.1 Å². The summed E-state index contributed by atoms with van der Waals surface area (Å²) in [7, 11) is 0. The van der Waals surface area contributed by atoms with Gasteiger partial charge in [0, 0.05) is 43.9 Å². The molecule has 5 nitrogen and oxygen atoms in total. The first-order valence-electron chi connectivity index (χ1n) is 18.9. The fourth-order valence-corrected chi connectivity index (χ4v) is 8.21. The van der Waals surface area contributed by atoms with Gasteiger partial charge in [-0.15, -0.1) is 0 Å². The maximum absolute atomic E-state index is 5.20. The van der Waals surface area contributed by atoms with Gasteiger partial charge in [0.1, 0.15) is 0 Å². The maximum atomic E-state index is 5.20. The molecule has 0 aliphatic heterocycles. The SMILES string of the molecule is c1ccc(-c2ccc(-n3c4ccccc4c4cc(-c5cccc6c7ccccc7n(-c7nc(-c8ccccc8)nc(-c8ccccc8)n7)c56)ccc43)cc2)cc1. The second-order valence-electron chi connectivity index (χ2n) is 14.1. The lowest BCUT2D eigenvalue weighted by Gasteiger charge is -2.13.